The number of aliphatic imine (C=N–C) groups is 2. The molecule has 5 heteroatoms. The fourth-order valence-corrected chi connectivity index (χ4v) is 1.83. The monoisotopic (exact) mass is 370 g/mol. The van der Waals surface area contributed by atoms with Crippen molar-refractivity contribution in [2.24, 2.45) is 9.98 Å². The van der Waals surface area contributed by atoms with Gasteiger partial charge in [0.25, 0.3) is 0 Å². The zero-order valence-corrected chi connectivity index (χ0v) is 17.5. The first kappa shape index (κ1) is 24.4. The van der Waals surface area contributed by atoms with E-state index in [0.717, 1.165) is 24.3 Å². The lowest BCUT2D eigenvalue weighted by atomic mass is 10.2. The van der Waals surface area contributed by atoms with E-state index >= 15 is 0 Å². The molecule has 0 saturated carbocycles. The molecule has 0 saturated heterocycles. The maximum absolute atomic E-state index is 5.82. The molecule has 0 amide bonds. The van der Waals surface area contributed by atoms with Crippen molar-refractivity contribution in [1.29, 1.82) is 0 Å². The summed E-state index contributed by atoms with van der Waals surface area (Å²) in [5, 5.41) is 3.08. The maximum atomic E-state index is 5.82. The maximum Gasteiger partial charge on any atom is 0.224 e. The van der Waals surface area contributed by atoms with Gasteiger partial charge in [-0.2, -0.15) is 0 Å². The molecule has 0 radical (unpaired) electrons. The fourth-order valence-electron chi connectivity index (χ4n) is 1.83. The van der Waals surface area contributed by atoms with Crippen LogP contribution in [0.25, 0.3) is 0 Å². The smallest absolute Gasteiger partial charge is 0.224 e. The Hall–Kier alpha value is -2.62. The van der Waals surface area contributed by atoms with Crippen LogP contribution in [0.4, 0.5) is 0 Å². The van der Waals surface area contributed by atoms with Crippen molar-refractivity contribution in [3.63, 3.8) is 0 Å². The molecular formula is C22H34N4O. The van der Waals surface area contributed by atoms with Crippen molar-refractivity contribution in [3.05, 3.63) is 66.3 Å². The third kappa shape index (κ3) is 12.4. The number of nitrogens with one attached hydrogen (secondary N) is 1. The number of guanidine groups is 1. The summed E-state index contributed by atoms with van der Waals surface area (Å²) >= 11 is 0. The molecule has 0 aromatic rings. The van der Waals surface area contributed by atoms with Crippen molar-refractivity contribution < 1.29 is 4.74 Å². The van der Waals surface area contributed by atoms with E-state index in [9.17, 15) is 0 Å². The Labute approximate surface area is 164 Å². The van der Waals surface area contributed by atoms with Gasteiger partial charge in [0.15, 0.2) is 0 Å². The van der Waals surface area contributed by atoms with E-state index < -0.39 is 0 Å². The Morgan fingerprint density at radius 3 is 2.63 bits per heavy atom. The minimum absolute atomic E-state index is 0.464. The third-order valence-electron chi connectivity index (χ3n) is 3.28. The van der Waals surface area contributed by atoms with Gasteiger partial charge in [0.1, 0.15) is 12.4 Å². The van der Waals surface area contributed by atoms with Crippen LogP contribution in [0.15, 0.2) is 76.3 Å². The van der Waals surface area contributed by atoms with Crippen LogP contribution in [-0.4, -0.2) is 50.9 Å². The van der Waals surface area contributed by atoms with Crippen LogP contribution in [0.5, 0.6) is 0 Å². The molecule has 1 N–H and O–H groups in total. The second-order valence-corrected chi connectivity index (χ2v) is 5.94. The average Bonchev–Trinajstić information content (AvgIpc) is 2.66. The zero-order chi connectivity index (χ0) is 20.5. The molecule has 0 aliphatic rings. The van der Waals surface area contributed by atoms with Crippen molar-refractivity contribution in [2.45, 2.75) is 27.2 Å². The molecule has 0 aromatic carbocycles. The number of likely N-dealkylation sites (N-methyl/N-ethyl adjacent to an activating group) is 1. The van der Waals surface area contributed by atoms with Gasteiger partial charge < -0.3 is 15.0 Å². The lowest BCUT2D eigenvalue weighted by molar-refractivity contribution is 0.232. The molecule has 0 unspecified atom stereocenters. The molecule has 0 atom stereocenters. The molecule has 0 aliphatic heterocycles. The molecule has 0 heterocycles. The van der Waals surface area contributed by atoms with E-state index in [1.807, 2.05) is 59.2 Å². The van der Waals surface area contributed by atoms with Crippen LogP contribution in [0.1, 0.15) is 27.2 Å². The summed E-state index contributed by atoms with van der Waals surface area (Å²) in [4.78, 5) is 10.7. The molecule has 0 rings (SSSR count). The van der Waals surface area contributed by atoms with Crippen molar-refractivity contribution in [3.8, 4) is 0 Å². The topological polar surface area (TPSA) is 49.2 Å². The summed E-state index contributed by atoms with van der Waals surface area (Å²) in [5.41, 5.74) is 4.97. The van der Waals surface area contributed by atoms with Crippen molar-refractivity contribution in [2.75, 3.05) is 33.8 Å². The van der Waals surface area contributed by atoms with E-state index in [1.54, 1.807) is 17.3 Å². The predicted octanol–water partition coefficient (Wildman–Crippen LogP) is 4.25. The highest BCUT2D eigenvalue weighted by Crippen LogP contribution is 2.04. The molecule has 0 fully saturated rings. The van der Waals surface area contributed by atoms with Crippen LogP contribution < -0.4 is 5.32 Å². The van der Waals surface area contributed by atoms with Gasteiger partial charge in [-0.25, -0.2) is 9.98 Å². The quantitative estimate of drug-likeness (QED) is 0.112. The van der Waals surface area contributed by atoms with Gasteiger partial charge in [0.05, 0.1) is 6.54 Å². The Kier molecular flexibility index (Phi) is 14.1. The Morgan fingerprint density at radius 2 is 2.07 bits per heavy atom. The molecular weight excluding hydrogens is 336 g/mol. The van der Waals surface area contributed by atoms with Crippen LogP contribution in [0, 0.1) is 0 Å². The first-order chi connectivity index (χ1) is 13.0. The Bertz CT molecular complexity index is 643. The normalized spacial score (nSPS) is 12.2. The highest BCUT2D eigenvalue weighted by molar-refractivity contribution is 5.93. The predicted molar refractivity (Wildman–Crippen MR) is 118 cm³/mol. The lowest BCUT2D eigenvalue weighted by Gasteiger charge is -2.13. The molecule has 5 nitrogen and oxygen atoms in total. The van der Waals surface area contributed by atoms with Gasteiger partial charge in [-0.1, -0.05) is 30.9 Å². The molecule has 27 heavy (non-hydrogen) atoms. The van der Waals surface area contributed by atoms with Crippen molar-refractivity contribution in [1.82, 2.24) is 10.2 Å². The van der Waals surface area contributed by atoms with E-state index in [4.69, 9.17) is 4.74 Å². The summed E-state index contributed by atoms with van der Waals surface area (Å²) in [6.07, 6.45) is 12.2. The van der Waals surface area contributed by atoms with E-state index in [0.29, 0.717) is 19.1 Å². The van der Waals surface area contributed by atoms with Gasteiger partial charge in [-0.3, -0.25) is 0 Å². The average molecular weight is 371 g/mol. The SMILES string of the molecule is C=C=C(C=NC(=NCCO/C(C=C(C)C)=C\CNC)N(C)C=C)CC=CC. The number of ether oxygens (including phenoxy) is 1. The Balaban J connectivity index is 5.01. The zero-order valence-electron chi connectivity index (χ0n) is 17.5. The minimum Gasteiger partial charge on any atom is -0.492 e. The van der Waals surface area contributed by atoms with Gasteiger partial charge >= 0.3 is 0 Å². The highest BCUT2D eigenvalue weighted by atomic mass is 16.5. The number of nitrogens with zero attached hydrogens (tertiary/aromatic N) is 3. The van der Waals surface area contributed by atoms with Crippen molar-refractivity contribution >= 4 is 12.2 Å². The summed E-state index contributed by atoms with van der Waals surface area (Å²) in [5.74, 6) is 1.40. The van der Waals surface area contributed by atoms with Crippen LogP contribution in [0.2, 0.25) is 0 Å². The molecule has 0 bridgehead atoms. The second-order valence-electron chi connectivity index (χ2n) is 5.94. The largest absolute Gasteiger partial charge is 0.492 e. The molecule has 0 spiro atoms. The molecule has 148 valence electrons. The van der Waals surface area contributed by atoms with Gasteiger partial charge in [0.2, 0.25) is 5.96 Å². The van der Waals surface area contributed by atoms with Crippen LogP contribution >= 0.6 is 0 Å². The summed E-state index contributed by atoms with van der Waals surface area (Å²) < 4.78 is 5.82. The summed E-state index contributed by atoms with van der Waals surface area (Å²) in [6.45, 7) is 15.2. The first-order valence-electron chi connectivity index (χ1n) is 9.04. The molecule has 0 aromatic heterocycles. The van der Waals surface area contributed by atoms with E-state index in [1.165, 1.54) is 5.57 Å². The number of hydrogen-bond acceptors (Lipinski definition) is 3. The second kappa shape index (κ2) is 15.6. The summed E-state index contributed by atoms with van der Waals surface area (Å²) in [7, 11) is 3.76. The van der Waals surface area contributed by atoms with Gasteiger partial charge in [0, 0.05) is 25.4 Å². The first-order valence-corrected chi connectivity index (χ1v) is 9.04. The standard InChI is InChI=1S/C22H34N4O/c1-8-11-12-20(9-2)18-25-22(26(7)10-3)24-15-16-27-21(13-14-23-6)17-19(4)5/h8,10-11,13,17-18,23H,2-3,12,14-16H2,1,4-7H3/b11-8?,21-13-,24-22?,25-18?. The van der Waals surface area contributed by atoms with Crippen LogP contribution in [-0.2, 0) is 4.74 Å². The fraction of sp³-hybridized carbons (Fsp3) is 0.409. The number of hydrogen-bond donors (Lipinski definition) is 1. The lowest BCUT2D eigenvalue weighted by Crippen LogP contribution is -2.20. The van der Waals surface area contributed by atoms with Gasteiger partial charge in [-0.05, 0) is 52.6 Å². The van der Waals surface area contributed by atoms with Crippen LogP contribution in [0.3, 0.4) is 0 Å². The number of rotatable bonds is 11. The Morgan fingerprint density at radius 1 is 1.33 bits per heavy atom. The van der Waals surface area contributed by atoms with E-state index in [2.05, 4.69) is 34.2 Å². The third-order valence-corrected chi connectivity index (χ3v) is 3.28. The molecule has 0 aliphatic carbocycles. The van der Waals surface area contributed by atoms with Gasteiger partial charge in [-0.15, -0.1) is 5.73 Å². The van der Waals surface area contributed by atoms with E-state index in [-0.39, 0.29) is 0 Å². The summed E-state index contributed by atoms with van der Waals surface area (Å²) in [6, 6.07) is 0. The number of allylic oxidation sites excluding steroid dienone is 5. The minimum atomic E-state index is 0.464. The highest BCUT2D eigenvalue weighted by Gasteiger charge is 2.01.